The quantitative estimate of drug-likeness (QED) is 0.380. The topological polar surface area (TPSA) is 81.8 Å². The van der Waals surface area contributed by atoms with Crippen LogP contribution < -0.4 is 9.47 Å². The number of nitrogens with zero attached hydrogens (tertiary/aromatic N) is 1. The SMILES string of the molecule is O=C(O)C[C@@H](c1ccc(OCc2cccc(Oc3ccccc3)c2)cc1)c1ncco1. The van der Waals surface area contributed by atoms with Crippen molar-refractivity contribution in [3.8, 4) is 17.2 Å². The smallest absolute Gasteiger partial charge is 0.304 e. The van der Waals surface area contributed by atoms with Gasteiger partial charge in [-0.05, 0) is 47.5 Å². The molecule has 0 radical (unpaired) electrons. The van der Waals surface area contributed by atoms with Crippen molar-refractivity contribution in [2.45, 2.75) is 18.9 Å². The number of aliphatic carboxylic acids is 1. The summed E-state index contributed by atoms with van der Waals surface area (Å²) in [5.74, 6) is 1.21. The molecule has 1 aromatic heterocycles. The molecular weight excluding hydrogens is 394 g/mol. The van der Waals surface area contributed by atoms with Gasteiger partial charge >= 0.3 is 5.97 Å². The van der Waals surface area contributed by atoms with Crippen LogP contribution in [0.25, 0.3) is 0 Å². The number of ether oxygens (including phenoxy) is 2. The first kappa shape index (κ1) is 20.2. The van der Waals surface area contributed by atoms with Gasteiger partial charge in [0.2, 0.25) is 5.89 Å². The number of rotatable bonds is 9. The molecule has 4 aromatic rings. The average molecular weight is 415 g/mol. The zero-order valence-electron chi connectivity index (χ0n) is 16.7. The molecule has 1 heterocycles. The highest BCUT2D eigenvalue weighted by atomic mass is 16.5. The normalized spacial score (nSPS) is 11.6. The van der Waals surface area contributed by atoms with Crippen molar-refractivity contribution < 1.29 is 23.8 Å². The van der Waals surface area contributed by atoms with Crippen LogP contribution in [0, 0.1) is 0 Å². The van der Waals surface area contributed by atoms with Crippen molar-refractivity contribution in [2.75, 3.05) is 0 Å². The van der Waals surface area contributed by atoms with Crippen molar-refractivity contribution in [3.63, 3.8) is 0 Å². The summed E-state index contributed by atoms with van der Waals surface area (Å²) in [6.45, 7) is 0.379. The Hall–Kier alpha value is -4.06. The van der Waals surface area contributed by atoms with Crippen LogP contribution in [0.15, 0.2) is 95.7 Å². The first-order valence-corrected chi connectivity index (χ1v) is 9.83. The number of hydrogen-bond donors (Lipinski definition) is 1. The first-order chi connectivity index (χ1) is 15.2. The highest BCUT2D eigenvalue weighted by molar-refractivity contribution is 5.68. The van der Waals surface area contributed by atoms with Crippen molar-refractivity contribution in [1.29, 1.82) is 0 Å². The molecular formula is C25H21NO5. The van der Waals surface area contributed by atoms with Crippen LogP contribution in [0.1, 0.15) is 29.4 Å². The number of hydrogen-bond acceptors (Lipinski definition) is 5. The molecule has 31 heavy (non-hydrogen) atoms. The standard InChI is InChI=1S/C25H21NO5/c27-24(28)16-23(25-26-13-14-29-25)19-9-11-20(12-10-19)30-17-18-5-4-8-22(15-18)31-21-6-2-1-3-7-21/h1-15,23H,16-17H2,(H,27,28)/t23-/m0/s1. The lowest BCUT2D eigenvalue weighted by Crippen LogP contribution is -2.08. The summed E-state index contributed by atoms with van der Waals surface area (Å²) in [5.41, 5.74) is 1.77. The molecule has 6 heteroatoms. The average Bonchev–Trinajstić information content (AvgIpc) is 3.32. The molecule has 0 aliphatic heterocycles. The van der Waals surface area contributed by atoms with E-state index in [-0.39, 0.29) is 6.42 Å². The van der Waals surface area contributed by atoms with Crippen molar-refractivity contribution >= 4 is 5.97 Å². The Bertz CT molecular complexity index is 1110. The minimum absolute atomic E-state index is 0.102. The summed E-state index contributed by atoms with van der Waals surface area (Å²) < 4.78 is 17.1. The van der Waals surface area contributed by atoms with Crippen LogP contribution >= 0.6 is 0 Å². The monoisotopic (exact) mass is 415 g/mol. The summed E-state index contributed by atoms with van der Waals surface area (Å²) >= 11 is 0. The summed E-state index contributed by atoms with van der Waals surface area (Å²) in [6, 6.07) is 24.6. The molecule has 6 nitrogen and oxygen atoms in total. The Labute approximate surface area is 179 Å². The first-order valence-electron chi connectivity index (χ1n) is 9.83. The fraction of sp³-hybridized carbons (Fsp3) is 0.120. The van der Waals surface area contributed by atoms with Gasteiger partial charge in [-0.3, -0.25) is 4.79 Å². The number of aromatic nitrogens is 1. The van der Waals surface area contributed by atoms with Crippen LogP contribution in [-0.2, 0) is 11.4 Å². The van der Waals surface area contributed by atoms with Gasteiger partial charge in [0.25, 0.3) is 0 Å². The molecule has 3 aromatic carbocycles. The third-order valence-corrected chi connectivity index (χ3v) is 4.69. The molecule has 0 bridgehead atoms. The van der Waals surface area contributed by atoms with Gasteiger partial charge in [0.15, 0.2) is 0 Å². The van der Waals surface area contributed by atoms with E-state index in [0.29, 0.717) is 18.2 Å². The van der Waals surface area contributed by atoms with E-state index in [9.17, 15) is 9.90 Å². The number of benzene rings is 3. The summed E-state index contributed by atoms with van der Waals surface area (Å²) in [5, 5.41) is 9.22. The lowest BCUT2D eigenvalue weighted by atomic mass is 9.95. The van der Waals surface area contributed by atoms with E-state index in [0.717, 1.165) is 22.6 Å². The van der Waals surface area contributed by atoms with Crippen LogP contribution in [0.4, 0.5) is 0 Å². The zero-order valence-corrected chi connectivity index (χ0v) is 16.7. The number of para-hydroxylation sites is 1. The minimum atomic E-state index is -0.916. The largest absolute Gasteiger partial charge is 0.489 e. The third kappa shape index (κ3) is 5.51. The van der Waals surface area contributed by atoms with Crippen LogP contribution in [-0.4, -0.2) is 16.1 Å². The van der Waals surface area contributed by atoms with Gasteiger partial charge in [-0.1, -0.05) is 42.5 Å². The fourth-order valence-electron chi connectivity index (χ4n) is 3.22. The maximum absolute atomic E-state index is 11.2. The minimum Gasteiger partial charge on any atom is -0.489 e. The van der Waals surface area contributed by atoms with Crippen LogP contribution in [0.2, 0.25) is 0 Å². The molecule has 0 aliphatic rings. The van der Waals surface area contributed by atoms with Crippen LogP contribution in [0.3, 0.4) is 0 Å². The van der Waals surface area contributed by atoms with Gasteiger partial charge in [-0.15, -0.1) is 0 Å². The van der Waals surface area contributed by atoms with Gasteiger partial charge in [-0.25, -0.2) is 4.98 Å². The predicted octanol–water partition coefficient (Wildman–Crippen LogP) is 5.65. The molecule has 0 unspecified atom stereocenters. The van der Waals surface area contributed by atoms with E-state index in [1.165, 1.54) is 12.5 Å². The van der Waals surface area contributed by atoms with Crippen molar-refractivity contribution in [2.24, 2.45) is 0 Å². The van der Waals surface area contributed by atoms with Gasteiger partial charge < -0.3 is 19.0 Å². The Morgan fingerprint density at radius 1 is 0.935 bits per heavy atom. The highest BCUT2D eigenvalue weighted by Gasteiger charge is 2.22. The fourth-order valence-corrected chi connectivity index (χ4v) is 3.22. The van der Waals surface area contributed by atoms with Gasteiger partial charge in [0.1, 0.15) is 30.1 Å². The third-order valence-electron chi connectivity index (χ3n) is 4.69. The number of carboxylic acid groups (broad SMARTS) is 1. The number of oxazole rings is 1. The molecule has 0 saturated heterocycles. The van der Waals surface area contributed by atoms with E-state index in [4.69, 9.17) is 13.9 Å². The Kier molecular flexibility index (Phi) is 6.28. The second-order valence-electron chi connectivity index (χ2n) is 6.94. The Morgan fingerprint density at radius 3 is 2.42 bits per heavy atom. The van der Waals surface area contributed by atoms with Gasteiger partial charge in [-0.2, -0.15) is 0 Å². The molecule has 4 rings (SSSR count). The second kappa shape index (κ2) is 9.63. The zero-order chi connectivity index (χ0) is 21.5. The maximum atomic E-state index is 11.2. The molecule has 1 N–H and O–H groups in total. The Morgan fingerprint density at radius 2 is 1.71 bits per heavy atom. The molecule has 0 fully saturated rings. The van der Waals surface area contributed by atoms with Crippen molar-refractivity contribution in [1.82, 2.24) is 4.98 Å². The second-order valence-corrected chi connectivity index (χ2v) is 6.94. The predicted molar refractivity (Wildman–Crippen MR) is 114 cm³/mol. The molecule has 1 atom stereocenters. The maximum Gasteiger partial charge on any atom is 0.304 e. The number of carboxylic acids is 1. The van der Waals surface area contributed by atoms with Gasteiger partial charge in [0.05, 0.1) is 18.5 Å². The molecule has 0 aliphatic carbocycles. The van der Waals surface area contributed by atoms with E-state index in [2.05, 4.69) is 4.98 Å². The lowest BCUT2D eigenvalue weighted by Gasteiger charge is -2.13. The lowest BCUT2D eigenvalue weighted by molar-refractivity contribution is -0.137. The molecule has 0 saturated carbocycles. The van der Waals surface area contributed by atoms with E-state index in [1.54, 1.807) is 0 Å². The Balaban J connectivity index is 1.40. The van der Waals surface area contributed by atoms with E-state index >= 15 is 0 Å². The number of carbonyl (C=O) groups is 1. The molecule has 156 valence electrons. The summed E-state index contributed by atoms with van der Waals surface area (Å²) in [7, 11) is 0. The van der Waals surface area contributed by atoms with Crippen LogP contribution in [0.5, 0.6) is 17.2 Å². The van der Waals surface area contributed by atoms with E-state index in [1.807, 2.05) is 78.9 Å². The molecule has 0 amide bonds. The highest BCUT2D eigenvalue weighted by Crippen LogP contribution is 2.29. The van der Waals surface area contributed by atoms with Crippen molar-refractivity contribution in [3.05, 3.63) is 108 Å². The van der Waals surface area contributed by atoms with E-state index < -0.39 is 11.9 Å². The van der Waals surface area contributed by atoms with Gasteiger partial charge in [0, 0.05) is 0 Å². The molecule has 0 spiro atoms. The summed E-state index contributed by atoms with van der Waals surface area (Å²) in [4.78, 5) is 15.4. The summed E-state index contributed by atoms with van der Waals surface area (Å²) in [6.07, 6.45) is 2.85.